The molecule has 1 atom stereocenters. The highest BCUT2D eigenvalue weighted by molar-refractivity contribution is 7.89. The van der Waals surface area contributed by atoms with Crippen LogP contribution in [0.5, 0.6) is 5.75 Å². The van der Waals surface area contributed by atoms with Crippen molar-refractivity contribution < 1.29 is 27.9 Å². The first-order chi connectivity index (χ1) is 12.8. The van der Waals surface area contributed by atoms with E-state index in [1.54, 1.807) is 31.2 Å². The van der Waals surface area contributed by atoms with Gasteiger partial charge in [-0.05, 0) is 37.0 Å². The molecule has 2 N–H and O–H groups in total. The lowest BCUT2D eigenvalue weighted by Gasteiger charge is -2.33. The zero-order chi connectivity index (χ0) is 19.9. The Balaban J connectivity index is 1.99. The van der Waals surface area contributed by atoms with Crippen LogP contribution in [-0.2, 0) is 26.2 Å². The Labute approximate surface area is 159 Å². The molecule has 0 saturated carbocycles. The molecule has 9 heteroatoms. The zero-order valence-electron chi connectivity index (χ0n) is 15.4. The van der Waals surface area contributed by atoms with Crippen molar-refractivity contribution in [2.24, 2.45) is 0 Å². The fourth-order valence-corrected chi connectivity index (χ4v) is 4.82. The van der Waals surface area contributed by atoms with Gasteiger partial charge >= 0.3 is 5.97 Å². The molecule has 0 bridgehead atoms. The molecule has 1 aromatic carbocycles. The minimum absolute atomic E-state index is 0.0414. The monoisotopic (exact) mass is 398 g/mol. The standard InChI is InChI=1S/C18H26N2O6S/c1-2-10-27(24,25)20-9-4-3-8-16(20)18(23)19-12-14-6-5-7-15(11-14)26-13-17(21)22/h5-7,11,16H,2-4,8-10,12-13H2,1H3,(H,19,23)(H,21,22). The van der Waals surface area contributed by atoms with Crippen molar-refractivity contribution >= 4 is 21.9 Å². The highest BCUT2D eigenvalue weighted by Gasteiger charge is 2.35. The van der Waals surface area contributed by atoms with Gasteiger partial charge in [-0.25, -0.2) is 13.2 Å². The summed E-state index contributed by atoms with van der Waals surface area (Å²) in [5.74, 6) is -0.945. The Kier molecular flexibility index (Phi) is 7.61. The summed E-state index contributed by atoms with van der Waals surface area (Å²) in [7, 11) is -3.44. The Hall–Kier alpha value is -2.13. The molecule has 0 spiro atoms. The number of amides is 1. The zero-order valence-corrected chi connectivity index (χ0v) is 16.2. The second-order valence-corrected chi connectivity index (χ2v) is 8.53. The van der Waals surface area contributed by atoms with Gasteiger partial charge in [0.25, 0.3) is 0 Å². The fraction of sp³-hybridized carbons (Fsp3) is 0.556. The van der Waals surface area contributed by atoms with Crippen LogP contribution >= 0.6 is 0 Å². The van der Waals surface area contributed by atoms with Gasteiger partial charge in [-0.2, -0.15) is 4.31 Å². The topological polar surface area (TPSA) is 113 Å². The fourth-order valence-electron chi connectivity index (χ4n) is 3.07. The lowest BCUT2D eigenvalue weighted by Crippen LogP contribution is -2.52. The van der Waals surface area contributed by atoms with E-state index in [-0.39, 0.29) is 18.2 Å². The molecular weight excluding hydrogens is 372 g/mol. The van der Waals surface area contributed by atoms with Gasteiger partial charge in [0.1, 0.15) is 11.8 Å². The number of hydrogen-bond acceptors (Lipinski definition) is 5. The molecule has 1 aromatic rings. The van der Waals surface area contributed by atoms with Gasteiger partial charge in [0.15, 0.2) is 6.61 Å². The minimum atomic E-state index is -3.44. The van der Waals surface area contributed by atoms with Gasteiger partial charge < -0.3 is 15.2 Å². The lowest BCUT2D eigenvalue weighted by molar-refractivity contribution is -0.139. The molecule has 1 saturated heterocycles. The van der Waals surface area contributed by atoms with Crippen LogP contribution in [-0.4, -0.2) is 54.7 Å². The Morgan fingerprint density at radius 1 is 1.33 bits per heavy atom. The smallest absolute Gasteiger partial charge is 0.341 e. The third kappa shape index (κ3) is 6.21. The number of piperidine rings is 1. The summed E-state index contributed by atoms with van der Waals surface area (Å²) in [5.41, 5.74) is 0.741. The van der Waals surface area contributed by atoms with Crippen LogP contribution in [0.2, 0.25) is 0 Å². The Bertz CT molecular complexity index is 765. The van der Waals surface area contributed by atoms with E-state index >= 15 is 0 Å². The number of hydrogen-bond donors (Lipinski definition) is 2. The first-order valence-corrected chi connectivity index (χ1v) is 10.6. The number of carboxylic acids is 1. The summed E-state index contributed by atoms with van der Waals surface area (Å²) in [4.78, 5) is 23.2. The molecule has 8 nitrogen and oxygen atoms in total. The summed E-state index contributed by atoms with van der Waals surface area (Å²) in [6, 6.07) is 6.09. The quantitative estimate of drug-likeness (QED) is 0.649. The van der Waals surface area contributed by atoms with Crippen LogP contribution in [0.15, 0.2) is 24.3 Å². The highest BCUT2D eigenvalue weighted by atomic mass is 32.2. The SMILES string of the molecule is CCCS(=O)(=O)N1CCCCC1C(=O)NCc1cccc(OCC(=O)O)c1. The molecule has 1 aliphatic rings. The van der Waals surface area contributed by atoms with Crippen LogP contribution in [0.1, 0.15) is 38.2 Å². The van der Waals surface area contributed by atoms with Gasteiger partial charge in [0.2, 0.25) is 15.9 Å². The van der Waals surface area contributed by atoms with Crippen molar-refractivity contribution in [3.63, 3.8) is 0 Å². The number of carbonyl (C=O) groups excluding carboxylic acids is 1. The first-order valence-electron chi connectivity index (χ1n) is 9.04. The third-order valence-corrected chi connectivity index (χ3v) is 6.38. The number of carboxylic acid groups (broad SMARTS) is 1. The van der Waals surface area contributed by atoms with Gasteiger partial charge in [-0.1, -0.05) is 25.5 Å². The Morgan fingerprint density at radius 3 is 2.81 bits per heavy atom. The summed E-state index contributed by atoms with van der Waals surface area (Å²) in [5, 5.41) is 11.4. The molecule has 0 radical (unpaired) electrons. The number of sulfonamides is 1. The largest absolute Gasteiger partial charge is 0.482 e. The molecule has 27 heavy (non-hydrogen) atoms. The van der Waals surface area contributed by atoms with E-state index in [1.807, 2.05) is 0 Å². The lowest BCUT2D eigenvalue weighted by atomic mass is 10.0. The molecule has 1 unspecified atom stereocenters. The van der Waals surface area contributed by atoms with Crippen molar-refractivity contribution in [2.45, 2.75) is 45.2 Å². The summed E-state index contributed by atoms with van der Waals surface area (Å²) < 4.78 is 31.3. The van der Waals surface area contributed by atoms with E-state index in [2.05, 4.69) is 5.32 Å². The van der Waals surface area contributed by atoms with Crippen LogP contribution in [0.25, 0.3) is 0 Å². The summed E-state index contributed by atoms with van der Waals surface area (Å²) in [6.45, 7) is 1.94. The molecule has 150 valence electrons. The average Bonchev–Trinajstić information content (AvgIpc) is 2.65. The predicted octanol–water partition coefficient (Wildman–Crippen LogP) is 1.36. The number of benzene rings is 1. The highest BCUT2D eigenvalue weighted by Crippen LogP contribution is 2.22. The summed E-state index contributed by atoms with van der Waals surface area (Å²) >= 11 is 0. The van der Waals surface area contributed by atoms with Gasteiger partial charge in [-0.15, -0.1) is 0 Å². The number of carbonyl (C=O) groups is 2. The maximum Gasteiger partial charge on any atom is 0.341 e. The molecule has 1 aliphatic heterocycles. The van der Waals surface area contributed by atoms with Crippen LogP contribution in [0, 0.1) is 0 Å². The first kappa shape index (κ1) is 21.2. The number of nitrogens with zero attached hydrogens (tertiary/aromatic N) is 1. The maximum absolute atomic E-state index is 12.6. The van der Waals surface area contributed by atoms with Crippen LogP contribution in [0.3, 0.4) is 0 Å². The number of rotatable bonds is 9. The molecule has 1 fully saturated rings. The van der Waals surface area contributed by atoms with Crippen molar-refractivity contribution in [3.05, 3.63) is 29.8 Å². The normalized spacial score (nSPS) is 18.0. The van der Waals surface area contributed by atoms with Gasteiger partial charge in [-0.3, -0.25) is 4.79 Å². The van der Waals surface area contributed by atoms with E-state index in [0.29, 0.717) is 25.1 Å². The van der Waals surface area contributed by atoms with Crippen LogP contribution in [0.4, 0.5) is 0 Å². The van der Waals surface area contributed by atoms with E-state index in [0.717, 1.165) is 18.4 Å². The number of nitrogens with one attached hydrogen (secondary N) is 1. The Morgan fingerprint density at radius 2 is 2.11 bits per heavy atom. The predicted molar refractivity (Wildman–Crippen MR) is 99.8 cm³/mol. The van der Waals surface area contributed by atoms with Crippen molar-refractivity contribution in [2.75, 3.05) is 18.9 Å². The molecule has 1 heterocycles. The van der Waals surface area contributed by atoms with E-state index < -0.39 is 28.6 Å². The second kappa shape index (κ2) is 9.70. The molecule has 0 aromatic heterocycles. The minimum Gasteiger partial charge on any atom is -0.482 e. The third-order valence-electron chi connectivity index (χ3n) is 4.30. The number of aliphatic carboxylic acids is 1. The van der Waals surface area contributed by atoms with Crippen LogP contribution < -0.4 is 10.1 Å². The molecule has 2 rings (SSSR count). The van der Waals surface area contributed by atoms with Crippen molar-refractivity contribution in [1.29, 1.82) is 0 Å². The van der Waals surface area contributed by atoms with E-state index in [4.69, 9.17) is 9.84 Å². The van der Waals surface area contributed by atoms with E-state index in [1.165, 1.54) is 4.31 Å². The maximum atomic E-state index is 12.6. The summed E-state index contributed by atoms with van der Waals surface area (Å²) in [6.07, 6.45) is 2.59. The van der Waals surface area contributed by atoms with Crippen molar-refractivity contribution in [1.82, 2.24) is 9.62 Å². The second-order valence-electron chi connectivity index (χ2n) is 6.49. The number of ether oxygens (including phenoxy) is 1. The molecule has 0 aliphatic carbocycles. The van der Waals surface area contributed by atoms with Gasteiger partial charge in [0.05, 0.1) is 5.75 Å². The molecule has 1 amide bonds. The van der Waals surface area contributed by atoms with E-state index in [9.17, 15) is 18.0 Å². The molecular formula is C18H26N2O6S. The van der Waals surface area contributed by atoms with Crippen molar-refractivity contribution in [3.8, 4) is 5.75 Å². The van der Waals surface area contributed by atoms with Gasteiger partial charge in [0, 0.05) is 13.1 Å². The average molecular weight is 398 g/mol.